The van der Waals surface area contributed by atoms with Crippen molar-refractivity contribution in [3.05, 3.63) is 42.3 Å². The molecule has 1 aromatic carbocycles. The minimum atomic E-state index is -0.233. The molecule has 32 heavy (non-hydrogen) atoms. The quantitative estimate of drug-likeness (QED) is 0.460. The maximum atomic E-state index is 12.5. The van der Waals surface area contributed by atoms with E-state index < -0.39 is 0 Å². The second-order valence-electron chi connectivity index (χ2n) is 8.08. The second-order valence-corrected chi connectivity index (χ2v) is 8.08. The Kier molecular flexibility index (Phi) is 6.34. The summed E-state index contributed by atoms with van der Waals surface area (Å²) < 4.78 is 10.4. The van der Waals surface area contributed by atoms with Gasteiger partial charge in [0.15, 0.2) is 0 Å². The van der Waals surface area contributed by atoms with Gasteiger partial charge in [0.2, 0.25) is 29.4 Å². The number of hydrogen-bond donors (Lipinski definition) is 0. The number of benzene rings is 1. The molecule has 1 saturated heterocycles. The van der Waals surface area contributed by atoms with Gasteiger partial charge in [0.1, 0.15) is 5.75 Å². The number of ether oxygens (including phenoxy) is 1. The predicted molar refractivity (Wildman–Crippen MR) is 114 cm³/mol. The van der Waals surface area contributed by atoms with Crippen LogP contribution < -0.4 is 4.74 Å². The van der Waals surface area contributed by atoms with E-state index in [1.54, 1.807) is 14.2 Å². The van der Waals surface area contributed by atoms with Crippen molar-refractivity contribution in [3.8, 4) is 17.1 Å². The predicted octanol–water partition coefficient (Wildman–Crippen LogP) is 2.44. The largest absolute Gasteiger partial charge is 0.497 e. The number of fused-ring (bicyclic) bond motifs is 1. The van der Waals surface area contributed by atoms with Gasteiger partial charge in [0.25, 0.3) is 0 Å². The average molecular weight is 438 g/mol. The van der Waals surface area contributed by atoms with Crippen molar-refractivity contribution in [1.82, 2.24) is 19.9 Å². The van der Waals surface area contributed by atoms with Gasteiger partial charge in [0.05, 0.1) is 25.5 Å². The lowest BCUT2D eigenvalue weighted by molar-refractivity contribution is -0.140. The molecule has 0 radical (unpaired) electrons. The summed E-state index contributed by atoms with van der Waals surface area (Å²) in [7, 11) is 3.25. The number of hydrogen-bond acceptors (Lipinski definition) is 7. The number of carbonyl (C=O) groups is 3. The lowest BCUT2D eigenvalue weighted by Crippen LogP contribution is -2.33. The van der Waals surface area contributed by atoms with Crippen molar-refractivity contribution in [2.45, 2.75) is 32.2 Å². The van der Waals surface area contributed by atoms with E-state index in [1.165, 1.54) is 9.80 Å². The number of likely N-dealkylation sites (tertiary alicyclic amines) is 1. The van der Waals surface area contributed by atoms with Gasteiger partial charge >= 0.3 is 0 Å². The second kappa shape index (κ2) is 9.33. The lowest BCUT2D eigenvalue weighted by Gasteiger charge is -2.17. The fourth-order valence-electron chi connectivity index (χ4n) is 4.14. The van der Waals surface area contributed by atoms with Gasteiger partial charge in [-0.05, 0) is 43.5 Å². The first kappa shape index (κ1) is 21.7. The SMILES string of the molecule is COc1ccc(-c2noc(CN(C)C(=O)CCCN3C(=O)[C@H]4CC=CC[C@@H]4C3=O)n2)cc1. The molecule has 4 rings (SSSR count). The number of carbonyl (C=O) groups excluding carboxylic acids is 3. The van der Waals surface area contributed by atoms with Crippen LogP contribution in [-0.4, -0.2) is 58.4 Å². The molecule has 0 saturated carbocycles. The summed E-state index contributed by atoms with van der Waals surface area (Å²) in [6.45, 7) is 0.450. The monoisotopic (exact) mass is 438 g/mol. The fourth-order valence-corrected chi connectivity index (χ4v) is 4.14. The molecule has 2 aromatic rings. The zero-order valence-corrected chi connectivity index (χ0v) is 18.2. The summed E-state index contributed by atoms with van der Waals surface area (Å²) in [6.07, 6.45) is 5.82. The minimum absolute atomic E-state index is 0.109. The minimum Gasteiger partial charge on any atom is -0.497 e. The van der Waals surface area contributed by atoms with Crippen LogP contribution in [0.2, 0.25) is 0 Å². The number of rotatable bonds is 8. The molecule has 9 heteroatoms. The molecule has 1 aromatic heterocycles. The fraction of sp³-hybridized carbons (Fsp3) is 0.435. The zero-order chi connectivity index (χ0) is 22.7. The Morgan fingerprint density at radius 2 is 1.81 bits per heavy atom. The molecule has 0 spiro atoms. The maximum absolute atomic E-state index is 12.5. The van der Waals surface area contributed by atoms with Crippen molar-refractivity contribution in [2.24, 2.45) is 11.8 Å². The van der Waals surface area contributed by atoms with Crippen LogP contribution in [0.1, 0.15) is 31.6 Å². The zero-order valence-electron chi connectivity index (χ0n) is 18.2. The molecule has 2 atom stereocenters. The Balaban J connectivity index is 1.26. The van der Waals surface area contributed by atoms with Crippen LogP contribution >= 0.6 is 0 Å². The molecule has 1 aliphatic carbocycles. The maximum Gasteiger partial charge on any atom is 0.246 e. The molecule has 0 unspecified atom stereocenters. The van der Waals surface area contributed by atoms with Crippen LogP contribution in [0.15, 0.2) is 40.9 Å². The van der Waals surface area contributed by atoms with Crippen LogP contribution in [0, 0.1) is 11.8 Å². The van der Waals surface area contributed by atoms with E-state index in [9.17, 15) is 14.4 Å². The normalized spacial score (nSPS) is 19.9. The summed E-state index contributed by atoms with van der Waals surface area (Å²) in [6, 6.07) is 7.27. The summed E-state index contributed by atoms with van der Waals surface area (Å²) in [5.74, 6) is 0.692. The van der Waals surface area contributed by atoms with E-state index in [2.05, 4.69) is 10.1 Å². The first-order valence-electron chi connectivity index (χ1n) is 10.7. The Bertz CT molecular complexity index is 1000. The first-order chi connectivity index (χ1) is 15.5. The van der Waals surface area contributed by atoms with Crippen LogP contribution in [0.3, 0.4) is 0 Å². The Hall–Kier alpha value is -3.49. The highest BCUT2D eigenvalue weighted by atomic mass is 16.5. The summed E-state index contributed by atoms with van der Waals surface area (Å²) in [4.78, 5) is 44.7. The molecular weight excluding hydrogens is 412 g/mol. The topological polar surface area (TPSA) is 106 Å². The summed E-state index contributed by atoms with van der Waals surface area (Å²) >= 11 is 0. The number of imide groups is 1. The molecule has 2 heterocycles. The van der Waals surface area contributed by atoms with Crippen LogP contribution in [0.25, 0.3) is 11.4 Å². The number of allylic oxidation sites excluding steroid dienone is 2. The molecule has 1 aliphatic heterocycles. The highest BCUT2D eigenvalue weighted by molar-refractivity contribution is 6.05. The van der Waals surface area contributed by atoms with Crippen LogP contribution in [-0.2, 0) is 20.9 Å². The molecule has 3 amide bonds. The van der Waals surface area contributed by atoms with Gasteiger partial charge in [-0.25, -0.2) is 0 Å². The smallest absolute Gasteiger partial charge is 0.246 e. The van der Waals surface area contributed by atoms with E-state index >= 15 is 0 Å². The molecule has 2 aliphatic rings. The Morgan fingerprint density at radius 1 is 1.16 bits per heavy atom. The van der Waals surface area contributed by atoms with Crippen LogP contribution in [0.4, 0.5) is 0 Å². The van der Waals surface area contributed by atoms with E-state index in [0.29, 0.717) is 31.0 Å². The van der Waals surface area contributed by atoms with E-state index in [0.717, 1.165) is 11.3 Å². The number of nitrogens with zero attached hydrogens (tertiary/aromatic N) is 4. The first-order valence-corrected chi connectivity index (χ1v) is 10.7. The number of amides is 3. The van der Waals surface area contributed by atoms with Gasteiger partial charge in [-0.15, -0.1) is 0 Å². The third-order valence-corrected chi connectivity index (χ3v) is 5.99. The van der Waals surface area contributed by atoms with Crippen molar-refractivity contribution >= 4 is 17.7 Å². The van der Waals surface area contributed by atoms with E-state index in [-0.39, 0.29) is 49.1 Å². The highest BCUT2D eigenvalue weighted by Crippen LogP contribution is 2.35. The molecule has 1 fully saturated rings. The van der Waals surface area contributed by atoms with Crippen molar-refractivity contribution in [1.29, 1.82) is 0 Å². The molecule has 168 valence electrons. The number of methoxy groups -OCH3 is 1. The molecule has 9 nitrogen and oxygen atoms in total. The third-order valence-electron chi connectivity index (χ3n) is 5.99. The van der Waals surface area contributed by atoms with Gasteiger partial charge in [-0.2, -0.15) is 4.98 Å². The van der Waals surface area contributed by atoms with Crippen molar-refractivity contribution in [2.75, 3.05) is 20.7 Å². The van der Waals surface area contributed by atoms with Gasteiger partial charge in [-0.3, -0.25) is 19.3 Å². The highest BCUT2D eigenvalue weighted by Gasteiger charge is 2.46. The Morgan fingerprint density at radius 3 is 2.44 bits per heavy atom. The van der Waals surface area contributed by atoms with Crippen molar-refractivity contribution < 1.29 is 23.6 Å². The molecule has 0 bridgehead atoms. The molecule has 0 N–H and O–H groups in total. The van der Waals surface area contributed by atoms with Gasteiger partial charge < -0.3 is 14.2 Å². The lowest BCUT2D eigenvalue weighted by atomic mass is 9.85. The standard InChI is InChI=1S/C23H26N4O5/c1-26(14-19-24-21(25-32-19)15-9-11-16(31-2)12-10-15)20(28)8-5-13-27-22(29)17-6-3-4-7-18(17)23(27)30/h3-4,9-12,17-18H,5-8,13-14H2,1-2H3/t17-,18-/m0/s1. The molecular formula is C23H26N4O5. The number of aromatic nitrogens is 2. The van der Waals surface area contributed by atoms with Gasteiger partial charge in [0, 0.05) is 25.6 Å². The van der Waals surface area contributed by atoms with E-state index in [1.807, 2.05) is 36.4 Å². The van der Waals surface area contributed by atoms with Gasteiger partial charge in [-0.1, -0.05) is 17.3 Å². The Labute approximate surface area is 186 Å². The average Bonchev–Trinajstić information content (AvgIpc) is 3.37. The summed E-state index contributed by atoms with van der Waals surface area (Å²) in [5, 5.41) is 3.97. The van der Waals surface area contributed by atoms with Crippen molar-refractivity contribution in [3.63, 3.8) is 0 Å². The summed E-state index contributed by atoms with van der Waals surface area (Å²) in [5.41, 5.74) is 0.783. The van der Waals surface area contributed by atoms with Crippen LogP contribution in [0.5, 0.6) is 5.75 Å². The van der Waals surface area contributed by atoms with E-state index in [4.69, 9.17) is 9.26 Å². The third kappa shape index (κ3) is 4.42.